The maximum atomic E-state index is 12.5. The van der Waals surface area contributed by atoms with Gasteiger partial charge in [-0.05, 0) is 62.0 Å². The molecule has 2 heterocycles. The monoisotopic (exact) mass is 381 g/mol. The Kier molecular flexibility index (Phi) is 5.61. The summed E-state index contributed by atoms with van der Waals surface area (Å²) in [7, 11) is 0. The number of carbonyl (C=O) groups excluding carboxylic acids is 1. The fourth-order valence-electron chi connectivity index (χ4n) is 3.60. The van der Waals surface area contributed by atoms with Crippen molar-refractivity contribution in [2.75, 3.05) is 13.1 Å². The molecule has 1 aliphatic heterocycles. The zero-order valence-corrected chi connectivity index (χ0v) is 15.3. The second kappa shape index (κ2) is 7.72. The van der Waals surface area contributed by atoms with E-state index in [1.807, 2.05) is 22.9 Å². The molecule has 2 aromatic rings. The highest BCUT2D eigenvalue weighted by Gasteiger charge is 2.26. The predicted molar refractivity (Wildman–Crippen MR) is 98.4 cm³/mol. The van der Waals surface area contributed by atoms with Crippen LogP contribution in [-0.2, 0) is 6.42 Å². The number of rotatable bonds is 3. The van der Waals surface area contributed by atoms with Crippen LogP contribution in [0.5, 0.6) is 0 Å². The average Bonchev–Trinajstić information content (AvgIpc) is 3.23. The van der Waals surface area contributed by atoms with Gasteiger partial charge in [0.25, 0.3) is 5.91 Å². The molecule has 1 fully saturated rings. The van der Waals surface area contributed by atoms with Crippen molar-refractivity contribution in [3.8, 4) is 0 Å². The molecular weight excluding hydrogens is 361 g/mol. The third-order valence-electron chi connectivity index (χ3n) is 4.91. The number of fused-ring (bicyclic) bond motifs is 1. The van der Waals surface area contributed by atoms with E-state index in [4.69, 9.17) is 11.6 Å². The summed E-state index contributed by atoms with van der Waals surface area (Å²) in [5.74, 6) is -0.164. The predicted octanol–water partition coefficient (Wildman–Crippen LogP) is 2.70. The van der Waals surface area contributed by atoms with Gasteiger partial charge in [0.2, 0.25) is 0 Å². The summed E-state index contributed by atoms with van der Waals surface area (Å²) in [4.78, 5) is 12.5. The highest BCUT2D eigenvalue weighted by Crippen LogP contribution is 2.33. The lowest BCUT2D eigenvalue weighted by Crippen LogP contribution is -2.29. The lowest BCUT2D eigenvalue weighted by molar-refractivity contribution is 0.0931. The second-order valence-electron chi connectivity index (χ2n) is 6.47. The molecule has 2 N–H and O–H groups in total. The normalized spacial score (nSPS) is 20.0. The summed E-state index contributed by atoms with van der Waals surface area (Å²) >= 11 is 6.04. The smallest absolute Gasteiger partial charge is 0.273 e. The van der Waals surface area contributed by atoms with Gasteiger partial charge in [0.05, 0.1) is 18.3 Å². The Morgan fingerprint density at radius 3 is 2.88 bits per heavy atom. The van der Waals surface area contributed by atoms with E-state index in [0.29, 0.717) is 11.7 Å². The van der Waals surface area contributed by atoms with Gasteiger partial charge in [-0.25, -0.2) is 4.68 Å². The molecule has 2 aliphatic rings. The van der Waals surface area contributed by atoms with Crippen molar-refractivity contribution in [3.63, 3.8) is 0 Å². The number of nitrogens with zero attached hydrogens (tertiary/aromatic N) is 3. The van der Waals surface area contributed by atoms with E-state index in [9.17, 15) is 4.79 Å². The SMILES string of the molecule is Cl.O=C(NC1CCc2cc(Cl)ccc21)c1cn(C2CCNCC2)nn1. The molecular formula is C17H21Cl2N5O. The molecule has 1 aromatic heterocycles. The summed E-state index contributed by atoms with van der Waals surface area (Å²) in [6.07, 6.45) is 5.62. The minimum absolute atomic E-state index is 0. The van der Waals surface area contributed by atoms with E-state index in [-0.39, 0.29) is 24.4 Å². The third-order valence-corrected chi connectivity index (χ3v) is 5.15. The van der Waals surface area contributed by atoms with E-state index in [1.165, 1.54) is 5.56 Å². The van der Waals surface area contributed by atoms with Crippen LogP contribution in [0.3, 0.4) is 0 Å². The van der Waals surface area contributed by atoms with Crippen LogP contribution in [0.4, 0.5) is 0 Å². The molecule has 0 bridgehead atoms. The van der Waals surface area contributed by atoms with Crippen LogP contribution in [0.15, 0.2) is 24.4 Å². The highest BCUT2D eigenvalue weighted by atomic mass is 35.5. The number of benzene rings is 1. The standard InChI is InChI=1S/C17H20ClN5O.ClH/c18-12-2-3-14-11(9-12)1-4-15(14)20-17(24)16-10-23(22-21-16)13-5-7-19-8-6-13;/h2-3,9-10,13,15,19H,1,4-8H2,(H,20,24);1H. The van der Waals surface area contributed by atoms with E-state index < -0.39 is 0 Å². The van der Waals surface area contributed by atoms with Crippen molar-refractivity contribution in [1.29, 1.82) is 0 Å². The molecule has 1 amide bonds. The van der Waals surface area contributed by atoms with Crippen molar-refractivity contribution in [1.82, 2.24) is 25.6 Å². The van der Waals surface area contributed by atoms with E-state index in [1.54, 1.807) is 6.20 Å². The molecule has 0 radical (unpaired) electrons. The number of nitrogens with one attached hydrogen (secondary N) is 2. The molecule has 8 heteroatoms. The minimum atomic E-state index is -0.164. The number of halogens is 2. The van der Waals surface area contributed by atoms with Crippen molar-refractivity contribution >= 4 is 29.9 Å². The molecule has 6 nitrogen and oxygen atoms in total. The van der Waals surface area contributed by atoms with Gasteiger partial charge >= 0.3 is 0 Å². The van der Waals surface area contributed by atoms with Gasteiger partial charge in [0.1, 0.15) is 0 Å². The number of piperidine rings is 1. The zero-order chi connectivity index (χ0) is 16.5. The van der Waals surface area contributed by atoms with E-state index in [0.717, 1.165) is 49.4 Å². The van der Waals surface area contributed by atoms with Crippen LogP contribution in [0.25, 0.3) is 0 Å². The molecule has 0 spiro atoms. The first-order valence-electron chi connectivity index (χ1n) is 8.42. The van der Waals surface area contributed by atoms with Crippen LogP contribution in [0.2, 0.25) is 5.02 Å². The first-order chi connectivity index (χ1) is 11.7. The molecule has 1 saturated heterocycles. The summed E-state index contributed by atoms with van der Waals surface area (Å²) in [6.45, 7) is 1.96. The minimum Gasteiger partial charge on any atom is -0.344 e. The van der Waals surface area contributed by atoms with Gasteiger partial charge in [-0.2, -0.15) is 0 Å². The van der Waals surface area contributed by atoms with Crippen molar-refractivity contribution < 1.29 is 4.79 Å². The Labute approximate surface area is 157 Å². The van der Waals surface area contributed by atoms with Gasteiger partial charge in [0, 0.05) is 5.02 Å². The number of aromatic nitrogens is 3. The van der Waals surface area contributed by atoms with Crippen LogP contribution in [-0.4, -0.2) is 34.0 Å². The molecule has 1 aromatic carbocycles. The Hall–Kier alpha value is -1.63. The number of hydrogen-bond donors (Lipinski definition) is 2. The fraction of sp³-hybridized carbons (Fsp3) is 0.471. The summed E-state index contributed by atoms with van der Waals surface area (Å²) < 4.78 is 1.83. The average molecular weight is 382 g/mol. The topological polar surface area (TPSA) is 71.8 Å². The van der Waals surface area contributed by atoms with Crippen LogP contribution >= 0.6 is 24.0 Å². The van der Waals surface area contributed by atoms with Crippen LogP contribution in [0, 0.1) is 0 Å². The van der Waals surface area contributed by atoms with Crippen molar-refractivity contribution in [2.45, 2.75) is 37.8 Å². The Balaban J connectivity index is 0.00000182. The second-order valence-corrected chi connectivity index (χ2v) is 6.91. The Morgan fingerprint density at radius 2 is 2.08 bits per heavy atom. The Morgan fingerprint density at radius 1 is 1.28 bits per heavy atom. The van der Waals surface area contributed by atoms with Crippen LogP contribution < -0.4 is 10.6 Å². The van der Waals surface area contributed by atoms with Gasteiger partial charge in [-0.15, -0.1) is 17.5 Å². The quantitative estimate of drug-likeness (QED) is 0.856. The number of amides is 1. The first-order valence-corrected chi connectivity index (χ1v) is 8.80. The first kappa shape index (κ1) is 18.2. The molecule has 0 saturated carbocycles. The van der Waals surface area contributed by atoms with Gasteiger partial charge in [-0.3, -0.25) is 4.79 Å². The lowest BCUT2D eigenvalue weighted by atomic mass is 10.1. The molecule has 1 atom stereocenters. The molecule has 1 aliphatic carbocycles. The van der Waals surface area contributed by atoms with Crippen LogP contribution in [0.1, 0.15) is 53.0 Å². The third kappa shape index (κ3) is 3.81. The maximum absolute atomic E-state index is 12.5. The Bertz CT molecular complexity index is 757. The molecule has 1 unspecified atom stereocenters. The van der Waals surface area contributed by atoms with Crippen molar-refractivity contribution in [2.24, 2.45) is 0 Å². The lowest BCUT2D eigenvalue weighted by Gasteiger charge is -2.22. The molecule has 134 valence electrons. The highest BCUT2D eigenvalue weighted by molar-refractivity contribution is 6.30. The van der Waals surface area contributed by atoms with Gasteiger partial charge in [-0.1, -0.05) is 22.9 Å². The van der Waals surface area contributed by atoms with Crippen molar-refractivity contribution in [3.05, 3.63) is 46.2 Å². The summed E-state index contributed by atoms with van der Waals surface area (Å²) in [6, 6.07) is 6.21. The summed E-state index contributed by atoms with van der Waals surface area (Å²) in [5.41, 5.74) is 2.75. The van der Waals surface area contributed by atoms with Gasteiger partial charge < -0.3 is 10.6 Å². The molecule has 25 heavy (non-hydrogen) atoms. The van der Waals surface area contributed by atoms with Gasteiger partial charge in [0.15, 0.2) is 5.69 Å². The summed E-state index contributed by atoms with van der Waals surface area (Å²) in [5, 5.41) is 15.4. The number of hydrogen-bond acceptors (Lipinski definition) is 4. The molecule has 4 rings (SSSR count). The number of carbonyl (C=O) groups is 1. The van der Waals surface area contributed by atoms with E-state index in [2.05, 4.69) is 20.9 Å². The fourth-order valence-corrected chi connectivity index (χ4v) is 3.79. The van der Waals surface area contributed by atoms with E-state index >= 15 is 0 Å². The maximum Gasteiger partial charge on any atom is 0.273 e. The zero-order valence-electron chi connectivity index (χ0n) is 13.7. The number of aryl methyl sites for hydroxylation is 1. The largest absolute Gasteiger partial charge is 0.344 e.